The number of allylic oxidation sites excluding steroid dienone is 1. The molecule has 3 heteroatoms. The molecular weight excluding hydrogens is 132 g/mol. The monoisotopic (exact) mass is 142 g/mol. The van der Waals surface area contributed by atoms with Crippen LogP contribution < -0.4 is 11.1 Å². The first-order valence-corrected chi connectivity index (χ1v) is 3.53. The zero-order chi connectivity index (χ0) is 7.11. The molecule has 1 aliphatic heterocycles. The molecule has 9 heavy (non-hydrogen) atoms. The Morgan fingerprint density at radius 3 is 2.78 bits per heavy atom. The van der Waals surface area contributed by atoms with Gasteiger partial charge in [0.1, 0.15) is 0 Å². The van der Waals surface area contributed by atoms with E-state index in [1.165, 1.54) is 7.05 Å². The third-order valence-electron chi connectivity index (χ3n) is 0.686. The lowest BCUT2D eigenvalue weighted by Gasteiger charge is -1.79. The summed E-state index contributed by atoms with van der Waals surface area (Å²) in [5.74, 6) is 3.46. The van der Waals surface area contributed by atoms with E-state index in [1.54, 1.807) is 11.8 Å². The molecular formula is C6H10N2S. The topological polar surface area (TPSA) is 38.0 Å². The Balaban J connectivity index is 0.000000291. The second-order valence-corrected chi connectivity index (χ2v) is 2.16. The van der Waals surface area contributed by atoms with Crippen molar-refractivity contribution in [3.63, 3.8) is 0 Å². The van der Waals surface area contributed by atoms with Gasteiger partial charge in [-0.2, -0.15) is 0 Å². The summed E-state index contributed by atoms with van der Waals surface area (Å²) in [6.45, 7) is 0. The van der Waals surface area contributed by atoms with E-state index in [0.29, 0.717) is 0 Å². The third-order valence-corrected chi connectivity index (χ3v) is 1.54. The minimum Gasteiger partial charge on any atom is -0.380 e. The van der Waals surface area contributed by atoms with Crippen LogP contribution >= 0.6 is 11.8 Å². The fourth-order valence-electron chi connectivity index (χ4n) is 0.379. The number of terminal acetylenes is 1. The molecule has 0 amide bonds. The van der Waals surface area contributed by atoms with Crippen molar-refractivity contribution in [2.24, 2.45) is 5.73 Å². The largest absolute Gasteiger partial charge is 0.380 e. The number of nitrogens with two attached hydrogens (primary N) is 1. The molecule has 0 bridgehead atoms. The average molecular weight is 142 g/mol. The molecule has 0 saturated carbocycles. The highest BCUT2D eigenvalue weighted by atomic mass is 32.2. The maximum Gasteiger partial charge on any atom is 0.0745 e. The molecule has 0 spiro atoms. The van der Waals surface area contributed by atoms with Gasteiger partial charge in [0.15, 0.2) is 0 Å². The summed E-state index contributed by atoms with van der Waals surface area (Å²) in [4.78, 5) is 1.00. The summed E-state index contributed by atoms with van der Waals surface area (Å²) in [6.07, 6.45) is 6.91. The van der Waals surface area contributed by atoms with Gasteiger partial charge in [0, 0.05) is 6.20 Å². The number of nitrogens with one attached hydrogen (secondary N) is 1. The molecule has 50 valence electrons. The van der Waals surface area contributed by atoms with Gasteiger partial charge in [-0.25, -0.2) is 0 Å². The van der Waals surface area contributed by atoms with Crippen LogP contribution in [0.25, 0.3) is 0 Å². The van der Waals surface area contributed by atoms with Gasteiger partial charge in [-0.1, -0.05) is 17.7 Å². The zero-order valence-corrected chi connectivity index (χ0v) is 6.16. The molecule has 0 saturated heterocycles. The van der Waals surface area contributed by atoms with Gasteiger partial charge in [-0.05, 0) is 7.05 Å². The van der Waals surface area contributed by atoms with Crippen LogP contribution in [0.2, 0.25) is 0 Å². The normalized spacial score (nSPS) is 14.1. The van der Waals surface area contributed by atoms with E-state index in [9.17, 15) is 0 Å². The second-order valence-electron chi connectivity index (χ2n) is 1.15. The predicted octanol–water partition coefficient (Wildman–Crippen LogP) is 0.330. The molecule has 0 atom stereocenters. The second kappa shape index (κ2) is 5.54. The van der Waals surface area contributed by atoms with E-state index < -0.39 is 0 Å². The van der Waals surface area contributed by atoms with Crippen molar-refractivity contribution in [3.05, 3.63) is 11.1 Å². The molecule has 3 N–H and O–H groups in total. The fourth-order valence-corrected chi connectivity index (χ4v) is 0.951. The van der Waals surface area contributed by atoms with Gasteiger partial charge in [0.2, 0.25) is 0 Å². The van der Waals surface area contributed by atoms with Crippen LogP contribution in [-0.4, -0.2) is 12.9 Å². The standard InChI is InChI=1S/C5H5NS.CH5N/c1-2-5-3-6-4-7-5;1-2/h1,3,6H,4H2;2H2,1H3. The van der Waals surface area contributed by atoms with Crippen molar-refractivity contribution in [1.29, 1.82) is 0 Å². The lowest BCUT2D eigenvalue weighted by Crippen LogP contribution is -1.93. The molecule has 1 heterocycles. The minimum absolute atomic E-state index is 0.930. The Morgan fingerprint density at radius 1 is 1.89 bits per heavy atom. The Bertz CT molecular complexity index is 134. The van der Waals surface area contributed by atoms with E-state index in [-0.39, 0.29) is 0 Å². The summed E-state index contributed by atoms with van der Waals surface area (Å²) >= 11 is 1.66. The van der Waals surface area contributed by atoms with Crippen LogP contribution in [0.4, 0.5) is 0 Å². The zero-order valence-electron chi connectivity index (χ0n) is 5.35. The molecule has 0 aromatic rings. The van der Waals surface area contributed by atoms with Crippen molar-refractivity contribution < 1.29 is 0 Å². The molecule has 1 aliphatic rings. The van der Waals surface area contributed by atoms with Gasteiger partial charge in [0.25, 0.3) is 0 Å². The third kappa shape index (κ3) is 3.07. The van der Waals surface area contributed by atoms with Gasteiger partial charge in [-0.15, -0.1) is 6.42 Å². The average Bonchev–Trinajstić information content (AvgIpc) is 2.43. The first-order valence-electron chi connectivity index (χ1n) is 2.54. The quantitative estimate of drug-likeness (QED) is 0.479. The Labute approximate surface area is 59.9 Å². The predicted molar refractivity (Wildman–Crippen MR) is 42.6 cm³/mol. The van der Waals surface area contributed by atoms with Crippen LogP contribution in [0.3, 0.4) is 0 Å². The van der Waals surface area contributed by atoms with Crippen LogP contribution in [0.15, 0.2) is 11.1 Å². The van der Waals surface area contributed by atoms with E-state index >= 15 is 0 Å². The molecule has 0 aromatic carbocycles. The van der Waals surface area contributed by atoms with Crippen LogP contribution in [0.5, 0.6) is 0 Å². The summed E-state index contributed by atoms with van der Waals surface area (Å²) < 4.78 is 0. The van der Waals surface area contributed by atoms with E-state index in [0.717, 1.165) is 10.8 Å². The maximum absolute atomic E-state index is 5.05. The number of rotatable bonds is 0. The molecule has 0 aromatic heterocycles. The highest BCUT2D eigenvalue weighted by Crippen LogP contribution is 2.15. The number of hydrogen-bond donors (Lipinski definition) is 2. The molecule has 1 rings (SSSR count). The molecule has 0 radical (unpaired) electrons. The highest BCUT2D eigenvalue weighted by molar-refractivity contribution is 8.03. The van der Waals surface area contributed by atoms with Crippen LogP contribution in [0.1, 0.15) is 0 Å². The Kier molecular flexibility index (Phi) is 5.18. The summed E-state index contributed by atoms with van der Waals surface area (Å²) in [5, 5.41) is 2.98. The first kappa shape index (κ1) is 8.41. The van der Waals surface area contributed by atoms with E-state index in [2.05, 4.69) is 17.0 Å². The molecule has 0 unspecified atom stereocenters. The molecule has 2 nitrogen and oxygen atoms in total. The van der Waals surface area contributed by atoms with Crippen molar-refractivity contribution in [1.82, 2.24) is 5.32 Å². The van der Waals surface area contributed by atoms with Gasteiger partial charge >= 0.3 is 0 Å². The first-order chi connectivity index (χ1) is 4.43. The Hall–Kier alpha value is -0.590. The van der Waals surface area contributed by atoms with Gasteiger partial charge < -0.3 is 11.1 Å². The SMILES string of the molecule is C#CC1=CNCS1.CN. The van der Waals surface area contributed by atoms with E-state index in [4.69, 9.17) is 6.42 Å². The summed E-state index contributed by atoms with van der Waals surface area (Å²) in [7, 11) is 1.50. The minimum atomic E-state index is 0.930. The van der Waals surface area contributed by atoms with Crippen LogP contribution in [0, 0.1) is 12.3 Å². The van der Waals surface area contributed by atoms with Gasteiger partial charge in [-0.3, -0.25) is 0 Å². The maximum atomic E-state index is 5.05. The highest BCUT2D eigenvalue weighted by Gasteiger charge is 1.97. The van der Waals surface area contributed by atoms with Crippen molar-refractivity contribution in [2.75, 3.05) is 12.9 Å². The summed E-state index contributed by atoms with van der Waals surface area (Å²) in [5.41, 5.74) is 4.50. The summed E-state index contributed by atoms with van der Waals surface area (Å²) in [6, 6.07) is 0. The lowest BCUT2D eigenvalue weighted by molar-refractivity contribution is 1.08. The smallest absolute Gasteiger partial charge is 0.0745 e. The van der Waals surface area contributed by atoms with Crippen LogP contribution in [-0.2, 0) is 0 Å². The lowest BCUT2D eigenvalue weighted by atomic mass is 10.6. The van der Waals surface area contributed by atoms with E-state index in [1.807, 2.05) is 6.20 Å². The number of thioether (sulfide) groups is 1. The van der Waals surface area contributed by atoms with Crippen molar-refractivity contribution in [2.45, 2.75) is 0 Å². The number of hydrogen-bond acceptors (Lipinski definition) is 3. The fraction of sp³-hybridized carbons (Fsp3) is 0.333. The Morgan fingerprint density at radius 2 is 2.56 bits per heavy atom. The molecule has 0 fully saturated rings. The molecule has 0 aliphatic carbocycles. The van der Waals surface area contributed by atoms with Crippen molar-refractivity contribution in [3.8, 4) is 12.3 Å². The van der Waals surface area contributed by atoms with Crippen molar-refractivity contribution >= 4 is 11.8 Å². The van der Waals surface area contributed by atoms with Gasteiger partial charge in [0.05, 0.1) is 10.8 Å².